The molecule has 0 N–H and O–H groups in total. The SMILES string of the molecule is CN1CCCN(C2CCC(c3ccccc3)CC2)CC1. The van der Waals surface area contributed by atoms with E-state index in [4.69, 9.17) is 0 Å². The van der Waals surface area contributed by atoms with E-state index in [0.29, 0.717) is 0 Å². The third-order valence-corrected chi connectivity index (χ3v) is 5.24. The van der Waals surface area contributed by atoms with Gasteiger partial charge in [0.05, 0.1) is 0 Å². The Labute approximate surface area is 123 Å². The Kier molecular flexibility index (Phi) is 4.74. The number of nitrogens with zero attached hydrogens (tertiary/aromatic N) is 2. The first-order chi connectivity index (χ1) is 9.83. The molecule has 1 aliphatic carbocycles. The molecule has 1 aromatic carbocycles. The smallest absolute Gasteiger partial charge is 0.0112 e. The lowest BCUT2D eigenvalue weighted by Gasteiger charge is -2.36. The Balaban J connectivity index is 1.53. The topological polar surface area (TPSA) is 6.48 Å². The van der Waals surface area contributed by atoms with Crippen molar-refractivity contribution in [3.8, 4) is 0 Å². The standard InChI is InChI=1S/C18H28N2/c1-19-12-5-13-20(15-14-19)18-10-8-17(9-11-18)16-6-3-2-4-7-16/h2-4,6-7,17-18H,5,8-15H2,1H3. The van der Waals surface area contributed by atoms with Gasteiger partial charge < -0.3 is 4.90 Å². The Morgan fingerprint density at radius 3 is 2.35 bits per heavy atom. The van der Waals surface area contributed by atoms with Crippen LogP contribution in [0.15, 0.2) is 30.3 Å². The van der Waals surface area contributed by atoms with E-state index in [2.05, 4.69) is 47.2 Å². The molecule has 1 heterocycles. The predicted molar refractivity (Wildman–Crippen MR) is 85.1 cm³/mol. The first kappa shape index (κ1) is 14.1. The second-order valence-corrected chi connectivity index (χ2v) is 6.61. The van der Waals surface area contributed by atoms with Crippen molar-refractivity contribution >= 4 is 0 Å². The van der Waals surface area contributed by atoms with E-state index in [1.54, 1.807) is 5.56 Å². The zero-order valence-electron chi connectivity index (χ0n) is 12.8. The minimum atomic E-state index is 0.808. The molecule has 0 aromatic heterocycles. The van der Waals surface area contributed by atoms with Crippen molar-refractivity contribution in [2.75, 3.05) is 33.2 Å². The summed E-state index contributed by atoms with van der Waals surface area (Å²) in [5.41, 5.74) is 1.56. The molecule has 0 atom stereocenters. The third kappa shape index (κ3) is 3.42. The van der Waals surface area contributed by atoms with Gasteiger partial charge >= 0.3 is 0 Å². The average molecular weight is 272 g/mol. The summed E-state index contributed by atoms with van der Waals surface area (Å²) in [6.07, 6.45) is 6.88. The van der Waals surface area contributed by atoms with Crippen molar-refractivity contribution in [3.05, 3.63) is 35.9 Å². The molecular weight excluding hydrogens is 244 g/mol. The van der Waals surface area contributed by atoms with E-state index in [9.17, 15) is 0 Å². The zero-order valence-corrected chi connectivity index (χ0v) is 12.8. The second-order valence-electron chi connectivity index (χ2n) is 6.61. The van der Waals surface area contributed by atoms with E-state index >= 15 is 0 Å². The van der Waals surface area contributed by atoms with E-state index in [0.717, 1.165) is 12.0 Å². The minimum Gasteiger partial charge on any atom is -0.305 e. The summed E-state index contributed by atoms with van der Waals surface area (Å²) >= 11 is 0. The van der Waals surface area contributed by atoms with E-state index in [1.165, 1.54) is 58.3 Å². The van der Waals surface area contributed by atoms with Crippen molar-refractivity contribution in [2.24, 2.45) is 0 Å². The van der Waals surface area contributed by atoms with Gasteiger partial charge in [0.1, 0.15) is 0 Å². The normalized spacial score (nSPS) is 30.1. The Morgan fingerprint density at radius 1 is 0.850 bits per heavy atom. The summed E-state index contributed by atoms with van der Waals surface area (Å²) in [5.74, 6) is 0.808. The fourth-order valence-electron chi connectivity index (χ4n) is 3.93. The van der Waals surface area contributed by atoms with Crippen LogP contribution in [0, 0.1) is 0 Å². The number of likely N-dealkylation sites (N-methyl/N-ethyl adjacent to an activating group) is 1. The van der Waals surface area contributed by atoms with Crippen LogP contribution < -0.4 is 0 Å². The summed E-state index contributed by atoms with van der Waals surface area (Å²) in [4.78, 5) is 5.25. The van der Waals surface area contributed by atoms with Crippen LogP contribution in [0.5, 0.6) is 0 Å². The molecule has 20 heavy (non-hydrogen) atoms. The largest absolute Gasteiger partial charge is 0.305 e. The summed E-state index contributed by atoms with van der Waals surface area (Å²) in [7, 11) is 2.26. The molecule has 1 aromatic rings. The van der Waals surface area contributed by atoms with Crippen molar-refractivity contribution in [2.45, 2.75) is 44.1 Å². The summed E-state index contributed by atoms with van der Waals surface area (Å²) in [6.45, 7) is 5.11. The zero-order chi connectivity index (χ0) is 13.8. The highest BCUT2D eigenvalue weighted by Crippen LogP contribution is 2.34. The molecule has 0 bridgehead atoms. The van der Waals surface area contributed by atoms with Gasteiger partial charge in [0, 0.05) is 19.1 Å². The molecule has 1 saturated carbocycles. The highest BCUT2D eigenvalue weighted by atomic mass is 15.2. The Hall–Kier alpha value is -0.860. The highest BCUT2D eigenvalue weighted by Gasteiger charge is 2.27. The molecular formula is C18H28N2. The molecule has 110 valence electrons. The first-order valence-corrected chi connectivity index (χ1v) is 8.30. The van der Waals surface area contributed by atoms with E-state index < -0.39 is 0 Å². The van der Waals surface area contributed by atoms with Crippen molar-refractivity contribution < 1.29 is 0 Å². The van der Waals surface area contributed by atoms with Gasteiger partial charge in [-0.3, -0.25) is 4.90 Å². The number of rotatable bonds is 2. The van der Waals surface area contributed by atoms with Crippen LogP contribution in [-0.4, -0.2) is 49.1 Å². The molecule has 2 nitrogen and oxygen atoms in total. The fraction of sp³-hybridized carbons (Fsp3) is 0.667. The van der Waals surface area contributed by atoms with E-state index in [-0.39, 0.29) is 0 Å². The molecule has 0 amide bonds. The quantitative estimate of drug-likeness (QED) is 0.814. The van der Waals surface area contributed by atoms with Crippen LogP contribution in [0.3, 0.4) is 0 Å². The van der Waals surface area contributed by atoms with Gasteiger partial charge in [-0.1, -0.05) is 30.3 Å². The monoisotopic (exact) mass is 272 g/mol. The molecule has 0 unspecified atom stereocenters. The number of benzene rings is 1. The second kappa shape index (κ2) is 6.73. The van der Waals surface area contributed by atoms with Gasteiger partial charge in [-0.15, -0.1) is 0 Å². The van der Waals surface area contributed by atoms with Gasteiger partial charge in [0.2, 0.25) is 0 Å². The van der Waals surface area contributed by atoms with Crippen LogP contribution >= 0.6 is 0 Å². The summed E-state index contributed by atoms with van der Waals surface area (Å²) in [6, 6.07) is 12.0. The van der Waals surface area contributed by atoms with Crippen molar-refractivity contribution in [1.29, 1.82) is 0 Å². The minimum absolute atomic E-state index is 0.808. The van der Waals surface area contributed by atoms with Crippen LogP contribution in [0.1, 0.15) is 43.6 Å². The van der Waals surface area contributed by atoms with Gasteiger partial charge in [0.25, 0.3) is 0 Å². The third-order valence-electron chi connectivity index (χ3n) is 5.24. The lowest BCUT2D eigenvalue weighted by Crippen LogP contribution is -2.40. The number of hydrogen-bond donors (Lipinski definition) is 0. The number of hydrogen-bond acceptors (Lipinski definition) is 2. The maximum absolute atomic E-state index is 2.77. The molecule has 0 radical (unpaired) electrons. The fourth-order valence-corrected chi connectivity index (χ4v) is 3.93. The predicted octanol–water partition coefficient (Wildman–Crippen LogP) is 3.35. The van der Waals surface area contributed by atoms with Gasteiger partial charge in [-0.05, 0) is 63.7 Å². The maximum atomic E-state index is 2.77. The molecule has 2 fully saturated rings. The van der Waals surface area contributed by atoms with E-state index in [1.807, 2.05) is 0 Å². The summed E-state index contributed by atoms with van der Waals surface area (Å²) < 4.78 is 0. The molecule has 2 heteroatoms. The van der Waals surface area contributed by atoms with Gasteiger partial charge in [-0.25, -0.2) is 0 Å². The first-order valence-electron chi connectivity index (χ1n) is 8.30. The molecule has 3 rings (SSSR count). The molecule has 0 spiro atoms. The van der Waals surface area contributed by atoms with Crippen LogP contribution in [-0.2, 0) is 0 Å². The van der Waals surface area contributed by atoms with Gasteiger partial charge in [0.15, 0.2) is 0 Å². The lowest BCUT2D eigenvalue weighted by molar-refractivity contribution is 0.154. The van der Waals surface area contributed by atoms with Crippen molar-refractivity contribution in [1.82, 2.24) is 9.80 Å². The average Bonchev–Trinajstić information content (AvgIpc) is 2.73. The van der Waals surface area contributed by atoms with Crippen molar-refractivity contribution in [3.63, 3.8) is 0 Å². The molecule has 2 aliphatic rings. The summed E-state index contributed by atoms with van der Waals surface area (Å²) in [5, 5.41) is 0. The van der Waals surface area contributed by atoms with Crippen LogP contribution in [0.25, 0.3) is 0 Å². The lowest BCUT2D eigenvalue weighted by atomic mass is 9.81. The molecule has 1 aliphatic heterocycles. The van der Waals surface area contributed by atoms with Crippen LogP contribution in [0.4, 0.5) is 0 Å². The van der Waals surface area contributed by atoms with Gasteiger partial charge in [-0.2, -0.15) is 0 Å². The highest BCUT2D eigenvalue weighted by molar-refractivity contribution is 5.20. The molecule has 1 saturated heterocycles. The Morgan fingerprint density at radius 2 is 1.60 bits per heavy atom. The maximum Gasteiger partial charge on any atom is 0.0112 e. The Bertz CT molecular complexity index is 395. The van der Waals surface area contributed by atoms with Crippen LogP contribution in [0.2, 0.25) is 0 Å².